The summed E-state index contributed by atoms with van der Waals surface area (Å²) >= 11 is 0. The molecule has 1 unspecified atom stereocenters. The zero-order chi connectivity index (χ0) is 8.36. The molecule has 10 heavy (non-hydrogen) atoms. The molecule has 0 saturated heterocycles. The Labute approximate surface area is 61.5 Å². The van der Waals surface area contributed by atoms with Gasteiger partial charge in [0.25, 0.3) is 0 Å². The Kier molecular flexibility index (Phi) is 3.27. The largest absolute Gasteiger partial charge is 0.392 e. The summed E-state index contributed by atoms with van der Waals surface area (Å²) in [5, 5.41) is 8.73. The molecule has 0 aliphatic heterocycles. The van der Waals surface area contributed by atoms with Gasteiger partial charge in [-0.1, -0.05) is 0 Å². The van der Waals surface area contributed by atoms with E-state index in [0.29, 0.717) is 0 Å². The fraction of sp³-hybridized carbons (Fsp3) is 1.00. The second-order valence-electron chi connectivity index (χ2n) is 2.41. The van der Waals surface area contributed by atoms with Crippen molar-refractivity contribution in [3.05, 3.63) is 0 Å². The lowest BCUT2D eigenvalue weighted by Gasteiger charge is -2.11. The third-order valence-corrected chi connectivity index (χ3v) is 3.02. The van der Waals surface area contributed by atoms with Gasteiger partial charge in [0.2, 0.25) is 10.0 Å². The molecule has 0 aliphatic carbocycles. The smallest absolute Gasteiger partial charge is 0.216 e. The van der Waals surface area contributed by atoms with Crippen molar-refractivity contribution in [3.63, 3.8) is 0 Å². The van der Waals surface area contributed by atoms with E-state index in [2.05, 4.69) is 0 Å². The minimum atomic E-state index is -3.21. The van der Waals surface area contributed by atoms with Crippen LogP contribution in [0.2, 0.25) is 0 Å². The number of hydrogen-bond donors (Lipinski definition) is 1. The molecular weight excluding hydrogens is 154 g/mol. The van der Waals surface area contributed by atoms with Gasteiger partial charge in [-0.15, -0.1) is 0 Å². The molecule has 0 bridgehead atoms. The fourth-order valence-electron chi connectivity index (χ4n) is 0.454. The van der Waals surface area contributed by atoms with Gasteiger partial charge in [-0.3, -0.25) is 0 Å². The first kappa shape index (κ1) is 9.87. The summed E-state index contributed by atoms with van der Waals surface area (Å²) in [5.41, 5.74) is 0. The quantitative estimate of drug-likeness (QED) is 0.602. The summed E-state index contributed by atoms with van der Waals surface area (Å²) in [5.74, 6) is -0.208. The molecule has 0 aromatic heterocycles. The van der Waals surface area contributed by atoms with Gasteiger partial charge in [0.1, 0.15) is 0 Å². The van der Waals surface area contributed by atoms with Crippen LogP contribution in [0.1, 0.15) is 6.92 Å². The highest BCUT2D eigenvalue weighted by Gasteiger charge is 2.15. The van der Waals surface area contributed by atoms with Crippen LogP contribution in [0.3, 0.4) is 0 Å². The summed E-state index contributed by atoms with van der Waals surface area (Å²) in [6.45, 7) is 1.45. The Bertz CT molecular complexity index is 183. The molecular formula is C5H13NO3S. The molecule has 0 spiro atoms. The third-order valence-electron chi connectivity index (χ3n) is 1.01. The normalized spacial score (nSPS) is 15.7. The van der Waals surface area contributed by atoms with Crippen LogP contribution < -0.4 is 0 Å². The predicted octanol–water partition coefficient (Wildman–Crippen LogP) is -0.741. The molecule has 0 amide bonds. The van der Waals surface area contributed by atoms with Gasteiger partial charge in [-0.05, 0) is 6.92 Å². The van der Waals surface area contributed by atoms with Crippen molar-refractivity contribution >= 4 is 10.0 Å². The van der Waals surface area contributed by atoms with Crippen LogP contribution in [0.15, 0.2) is 0 Å². The number of aliphatic hydroxyl groups excluding tert-OH is 1. The Morgan fingerprint density at radius 1 is 1.50 bits per heavy atom. The molecule has 0 rings (SSSR count). The number of hydrogen-bond acceptors (Lipinski definition) is 3. The summed E-state index contributed by atoms with van der Waals surface area (Å²) < 4.78 is 22.9. The molecule has 0 radical (unpaired) electrons. The average Bonchev–Trinajstić information content (AvgIpc) is 1.60. The highest BCUT2D eigenvalue weighted by molar-refractivity contribution is 7.89. The van der Waals surface area contributed by atoms with E-state index in [-0.39, 0.29) is 5.75 Å². The van der Waals surface area contributed by atoms with E-state index in [1.54, 1.807) is 0 Å². The van der Waals surface area contributed by atoms with Crippen LogP contribution in [0.25, 0.3) is 0 Å². The van der Waals surface area contributed by atoms with Crippen LogP contribution in [0.4, 0.5) is 0 Å². The molecule has 0 aliphatic rings. The molecule has 5 heteroatoms. The molecule has 1 N–H and O–H groups in total. The molecule has 0 aromatic rings. The maximum atomic E-state index is 10.9. The maximum absolute atomic E-state index is 10.9. The van der Waals surface area contributed by atoms with Crippen molar-refractivity contribution in [3.8, 4) is 0 Å². The van der Waals surface area contributed by atoms with E-state index in [9.17, 15) is 8.42 Å². The van der Waals surface area contributed by atoms with Gasteiger partial charge in [0, 0.05) is 14.1 Å². The number of aliphatic hydroxyl groups is 1. The van der Waals surface area contributed by atoms with E-state index in [1.165, 1.54) is 21.0 Å². The minimum Gasteiger partial charge on any atom is -0.392 e. The molecule has 0 aromatic carbocycles. The van der Waals surface area contributed by atoms with Gasteiger partial charge in [-0.2, -0.15) is 0 Å². The van der Waals surface area contributed by atoms with Gasteiger partial charge < -0.3 is 5.11 Å². The first-order valence-electron chi connectivity index (χ1n) is 2.94. The van der Waals surface area contributed by atoms with Gasteiger partial charge in [-0.25, -0.2) is 12.7 Å². The second kappa shape index (κ2) is 3.32. The monoisotopic (exact) mass is 167 g/mol. The first-order chi connectivity index (χ1) is 4.36. The lowest BCUT2D eigenvalue weighted by molar-refractivity contribution is 0.216. The SMILES string of the molecule is CC(O)CS(=O)(=O)N(C)C. The van der Waals surface area contributed by atoms with Crippen molar-refractivity contribution in [2.24, 2.45) is 0 Å². The number of sulfonamides is 1. The minimum absolute atomic E-state index is 0.208. The summed E-state index contributed by atoms with van der Waals surface area (Å²) in [4.78, 5) is 0. The molecule has 1 atom stereocenters. The van der Waals surface area contributed by atoms with Crippen molar-refractivity contribution in [2.75, 3.05) is 19.8 Å². The standard InChI is InChI=1S/C5H13NO3S/c1-5(7)4-10(8,9)6(2)3/h5,7H,4H2,1-3H3. The van der Waals surface area contributed by atoms with E-state index >= 15 is 0 Å². The molecule has 4 nitrogen and oxygen atoms in total. The number of rotatable bonds is 3. The van der Waals surface area contributed by atoms with Crippen LogP contribution in [0.5, 0.6) is 0 Å². The third kappa shape index (κ3) is 3.14. The Hall–Kier alpha value is -0.130. The molecule has 62 valence electrons. The molecule has 0 saturated carbocycles. The van der Waals surface area contributed by atoms with Crippen molar-refractivity contribution in [1.82, 2.24) is 4.31 Å². The van der Waals surface area contributed by atoms with Crippen LogP contribution in [-0.4, -0.2) is 43.8 Å². The van der Waals surface area contributed by atoms with E-state index < -0.39 is 16.1 Å². The summed E-state index contributed by atoms with van der Waals surface area (Å²) in [6.07, 6.45) is -0.799. The van der Waals surface area contributed by atoms with E-state index in [4.69, 9.17) is 5.11 Å². The lowest BCUT2D eigenvalue weighted by atomic mass is 10.5. The maximum Gasteiger partial charge on any atom is 0.216 e. The summed E-state index contributed by atoms with van der Waals surface area (Å²) in [6, 6.07) is 0. The molecule has 0 heterocycles. The lowest BCUT2D eigenvalue weighted by Crippen LogP contribution is -2.29. The highest BCUT2D eigenvalue weighted by atomic mass is 32.2. The van der Waals surface area contributed by atoms with Crippen molar-refractivity contribution in [2.45, 2.75) is 13.0 Å². The Morgan fingerprint density at radius 3 is 2.00 bits per heavy atom. The zero-order valence-corrected chi connectivity index (χ0v) is 7.22. The van der Waals surface area contributed by atoms with Crippen molar-refractivity contribution < 1.29 is 13.5 Å². The Balaban J connectivity index is 4.16. The van der Waals surface area contributed by atoms with Crippen LogP contribution in [0, 0.1) is 0 Å². The first-order valence-corrected chi connectivity index (χ1v) is 4.55. The predicted molar refractivity (Wildman–Crippen MR) is 39.2 cm³/mol. The van der Waals surface area contributed by atoms with Gasteiger partial charge in [0.05, 0.1) is 11.9 Å². The van der Waals surface area contributed by atoms with Crippen molar-refractivity contribution in [1.29, 1.82) is 0 Å². The fourth-order valence-corrected chi connectivity index (χ4v) is 1.36. The zero-order valence-electron chi connectivity index (χ0n) is 6.40. The van der Waals surface area contributed by atoms with E-state index in [0.717, 1.165) is 4.31 Å². The average molecular weight is 167 g/mol. The Morgan fingerprint density at radius 2 is 1.90 bits per heavy atom. The number of nitrogens with zero attached hydrogens (tertiary/aromatic N) is 1. The second-order valence-corrected chi connectivity index (χ2v) is 4.64. The van der Waals surface area contributed by atoms with Crippen LogP contribution >= 0.6 is 0 Å². The molecule has 0 fully saturated rings. The van der Waals surface area contributed by atoms with Gasteiger partial charge in [0.15, 0.2) is 0 Å². The van der Waals surface area contributed by atoms with Crippen LogP contribution in [-0.2, 0) is 10.0 Å². The van der Waals surface area contributed by atoms with E-state index in [1.807, 2.05) is 0 Å². The topological polar surface area (TPSA) is 57.6 Å². The van der Waals surface area contributed by atoms with Gasteiger partial charge >= 0.3 is 0 Å². The summed E-state index contributed by atoms with van der Waals surface area (Å²) in [7, 11) is -0.330. The highest BCUT2D eigenvalue weighted by Crippen LogP contribution is 1.96.